The van der Waals surface area contributed by atoms with Crippen LogP contribution in [0.3, 0.4) is 0 Å². The molecular formula is C30H54N7O5P. The fourth-order valence-corrected chi connectivity index (χ4v) is 7.44. The van der Waals surface area contributed by atoms with Crippen LogP contribution < -0.4 is 15.9 Å². The van der Waals surface area contributed by atoms with Gasteiger partial charge in [-0.1, -0.05) is 58.8 Å². The van der Waals surface area contributed by atoms with Gasteiger partial charge in [0, 0.05) is 6.42 Å². The van der Waals surface area contributed by atoms with E-state index >= 15 is 0 Å². The van der Waals surface area contributed by atoms with Crippen molar-refractivity contribution in [2.75, 3.05) is 18.7 Å². The Morgan fingerprint density at radius 2 is 1.58 bits per heavy atom. The molecular weight excluding hydrogens is 569 g/mol. The summed E-state index contributed by atoms with van der Waals surface area (Å²) in [5.74, 6) is -0.272. The lowest BCUT2D eigenvalue weighted by atomic mass is 9.96. The van der Waals surface area contributed by atoms with Gasteiger partial charge in [0.1, 0.15) is 23.7 Å². The number of Topliss-reactive ketones (excluding diaryl/α,β-unsaturated/α-hetero) is 1. The molecule has 0 fully saturated rings. The van der Waals surface area contributed by atoms with Gasteiger partial charge in [-0.05, 0) is 47.5 Å². The number of nitrogens with zero attached hydrogens (tertiary/aromatic N) is 4. The van der Waals surface area contributed by atoms with Gasteiger partial charge < -0.3 is 19.8 Å². The number of imidazole rings is 1. The number of rotatable bonds is 22. The number of carbonyl (C=O) groups excluding carboxylic acids is 2. The number of hydrogen-bond acceptors (Lipinski definition) is 9. The van der Waals surface area contributed by atoms with Crippen molar-refractivity contribution in [2.45, 2.75) is 136 Å². The third-order valence-electron chi connectivity index (χ3n) is 7.29. The number of nitrogen functional groups attached to an aromatic ring is 1. The van der Waals surface area contributed by atoms with E-state index in [1.165, 1.54) is 6.33 Å². The first kappa shape index (κ1) is 36.8. The van der Waals surface area contributed by atoms with Crippen LogP contribution in [0.25, 0.3) is 11.2 Å². The van der Waals surface area contributed by atoms with Crippen LogP contribution in [-0.4, -0.2) is 61.4 Å². The van der Waals surface area contributed by atoms with E-state index in [2.05, 4.69) is 39.0 Å². The molecule has 12 nitrogen and oxygen atoms in total. The van der Waals surface area contributed by atoms with Crippen molar-refractivity contribution in [1.29, 1.82) is 0 Å². The lowest BCUT2D eigenvalue weighted by Gasteiger charge is -2.36. The Kier molecular flexibility index (Phi) is 14.7. The molecule has 2 heterocycles. The van der Waals surface area contributed by atoms with Crippen LogP contribution in [0.1, 0.15) is 113 Å². The Morgan fingerprint density at radius 3 is 2.26 bits per heavy atom. The summed E-state index contributed by atoms with van der Waals surface area (Å²) in [4.78, 5) is 38.8. The van der Waals surface area contributed by atoms with Gasteiger partial charge in [-0.2, -0.15) is 0 Å². The molecule has 0 bridgehead atoms. The second-order valence-electron chi connectivity index (χ2n) is 12.4. The summed E-state index contributed by atoms with van der Waals surface area (Å²) in [6, 6.07) is 0. The fraction of sp³-hybridized carbons (Fsp3) is 0.767. The first-order chi connectivity index (χ1) is 20.2. The standard InChI is InChI=1S/C30H54N7O5P/c1-8-10-12-14-15-17-24(38)29(4,5)35-43(40,36-30(6,7)28(39)41-18-16-13-11-9-2)22-42-23(3)19-37-21-34-25-26(31)32-20-33-27(25)37/h20-21,23H,8-19,22H2,1-7H3,(H2,31,32,33)(H2,35,36,40)/t23-,43?/m1/s1. The Balaban J connectivity index is 2.15. The molecule has 2 rings (SSSR count). The number of aromatic nitrogens is 4. The smallest absolute Gasteiger partial charge is 0.326 e. The van der Waals surface area contributed by atoms with Gasteiger partial charge in [-0.15, -0.1) is 0 Å². The number of esters is 1. The molecule has 0 saturated heterocycles. The minimum atomic E-state index is -3.68. The van der Waals surface area contributed by atoms with Crippen LogP contribution in [0.4, 0.5) is 5.82 Å². The minimum Gasteiger partial charge on any atom is -0.464 e. The van der Waals surface area contributed by atoms with Crippen molar-refractivity contribution < 1.29 is 23.6 Å². The van der Waals surface area contributed by atoms with E-state index in [1.54, 1.807) is 38.6 Å². The van der Waals surface area contributed by atoms with E-state index in [1.807, 2.05) is 6.92 Å². The summed E-state index contributed by atoms with van der Waals surface area (Å²) in [5, 5.41) is 6.08. The largest absolute Gasteiger partial charge is 0.464 e. The number of ether oxygens (including phenoxy) is 2. The zero-order chi connectivity index (χ0) is 32.1. The molecule has 0 aromatic carbocycles. The van der Waals surface area contributed by atoms with E-state index in [0.29, 0.717) is 30.7 Å². The number of anilines is 1. The summed E-state index contributed by atoms with van der Waals surface area (Å²) >= 11 is 0. The van der Waals surface area contributed by atoms with E-state index in [-0.39, 0.29) is 17.9 Å². The molecule has 43 heavy (non-hydrogen) atoms. The Labute approximate surface area is 257 Å². The van der Waals surface area contributed by atoms with Crippen molar-refractivity contribution in [2.24, 2.45) is 0 Å². The molecule has 0 saturated carbocycles. The third kappa shape index (κ3) is 11.9. The van der Waals surface area contributed by atoms with Gasteiger partial charge in [-0.3, -0.25) is 14.2 Å². The average Bonchev–Trinajstić information content (AvgIpc) is 3.34. The molecule has 1 unspecified atom stereocenters. The molecule has 0 spiro atoms. The SMILES string of the molecule is CCCCCCCC(=O)C(C)(C)NP(=O)(CO[C@H](C)Cn1cnc2c(N)ncnc21)NC(C)(C)C(=O)OCCCCCC. The highest BCUT2D eigenvalue weighted by molar-refractivity contribution is 7.59. The first-order valence-electron chi connectivity index (χ1n) is 15.7. The zero-order valence-corrected chi connectivity index (χ0v) is 28.2. The average molecular weight is 624 g/mol. The summed E-state index contributed by atoms with van der Waals surface area (Å²) in [6.45, 7) is 13.5. The maximum atomic E-state index is 14.5. The molecule has 2 aromatic rings. The van der Waals surface area contributed by atoms with Crippen LogP contribution in [0.2, 0.25) is 0 Å². The quantitative estimate of drug-likeness (QED) is 0.0831. The maximum absolute atomic E-state index is 14.5. The van der Waals surface area contributed by atoms with Gasteiger partial charge in [0.05, 0.1) is 31.1 Å². The molecule has 0 aliphatic carbocycles. The van der Waals surface area contributed by atoms with Crippen LogP contribution in [0.15, 0.2) is 12.7 Å². The van der Waals surface area contributed by atoms with E-state index in [0.717, 1.165) is 57.8 Å². The highest BCUT2D eigenvalue weighted by Gasteiger charge is 2.42. The Morgan fingerprint density at radius 1 is 0.953 bits per heavy atom. The Hall–Kier alpha value is -2.40. The number of fused-ring (bicyclic) bond motifs is 1. The molecule has 0 radical (unpaired) electrons. The van der Waals surface area contributed by atoms with E-state index in [9.17, 15) is 14.2 Å². The first-order valence-corrected chi connectivity index (χ1v) is 17.5. The summed E-state index contributed by atoms with van der Waals surface area (Å²) in [6.07, 6.45) is 11.7. The number of ketones is 1. The fourth-order valence-electron chi connectivity index (χ4n) is 4.77. The summed E-state index contributed by atoms with van der Waals surface area (Å²) < 4.78 is 27.9. The monoisotopic (exact) mass is 623 g/mol. The Bertz CT molecular complexity index is 1170. The van der Waals surface area contributed by atoms with Gasteiger partial charge in [-0.25, -0.2) is 25.1 Å². The topological polar surface area (TPSA) is 163 Å². The van der Waals surface area contributed by atoms with Crippen molar-refractivity contribution in [1.82, 2.24) is 29.7 Å². The number of carbonyl (C=O) groups is 2. The second-order valence-corrected chi connectivity index (χ2v) is 14.6. The third-order valence-corrected chi connectivity index (χ3v) is 9.64. The molecule has 244 valence electrons. The van der Waals surface area contributed by atoms with Crippen molar-refractivity contribution >= 4 is 36.2 Å². The summed E-state index contributed by atoms with van der Waals surface area (Å²) in [5.41, 5.74) is 4.56. The summed E-state index contributed by atoms with van der Waals surface area (Å²) in [7, 11) is -3.68. The highest BCUT2D eigenvalue weighted by Crippen LogP contribution is 2.42. The minimum absolute atomic E-state index is 0.0439. The lowest BCUT2D eigenvalue weighted by Crippen LogP contribution is -2.53. The van der Waals surface area contributed by atoms with E-state index in [4.69, 9.17) is 15.2 Å². The lowest BCUT2D eigenvalue weighted by molar-refractivity contribution is -0.149. The van der Waals surface area contributed by atoms with Crippen molar-refractivity contribution in [3.05, 3.63) is 12.7 Å². The number of hydrogen-bond donors (Lipinski definition) is 3. The van der Waals surface area contributed by atoms with E-state index < -0.39 is 30.6 Å². The number of nitrogens with one attached hydrogen (secondary N) is 2. The van der Waals surface area contributed by atoms with Gasteiger partial charge in [0.15, 0.2) is 17.2 Å². The van der Waals surface area contributed by atoms with Crippen molar-refractivity contribution in [3.8, 4) is 0 Å². The van der Waals surface area contributed by atoms with Crippen LogP contribution >= 0.6 is 7.44 Å². The maximum Gasteiger partial charge on any atom is 0.326 e. The molecule has 13 heteroatoms. The predicted molar refractivity (Wildman–Crippen MR) is 171 cm³/mol. The zero-order valence-electron chi connectivity index (χ0n) is 27.3. The molecule has 2 atom stereocenters. The predicted octanol–water partition coefficient (Wildman–Crippen LogP) is 5.75. The van der Waals surface area contributed by atoms with Crippen LogP contribution in [0.5, 0.6) is 0 Å². The van der Waals surface area contributed by atoms with Crippen LogP contribution in [0, 0.1) is 0 Å². The molecule has 2 aromatic heterocycles. The van der Waals surface area contributed by atoms with Gasteiger partial charge >= 0.3 is 5.97 Å². The second kappa shape index (κ2) is 17.2. The molecule has 0 amide bonds. The molecule has 4 N–H and O–H groups in total. The normalized spacial score (nSPS) is 14.5. The van der Waals surface area contributed by atoms with Crippen LogP contribution in [-0.2, 0) is 30.2 Å². The number of nitrogens with two attached hydrogens (primary N) is 1. The highest BCUT2D eigenvalue weighted by atomic mass is 31.2. The molecule has 0 aliphatic heterocycles. The van der Waals surface area contributed by atoms with Gasteiger partial charge in [0.25, 0.3) is 0 Å². The van der Waals surface area contributed by atoms with Crippen molar-refractivity contribution in [3.63, 3.8) is 0 Å². The van der Waals surface area contributed by atoms with Gasteiger partial charge in [0.2, 0.25) is 7.44 Å². The molecule has 0 aliphatic rings. The number of unbranched alkanes of at least 4 members (excludes halogenated alkanes) is 7.